The maximum Gasteiger partial charge on any atom is 0.331 e. The summed E-state index contributed by atoms with van der Waals surface area (Å²) in [5.74, 6) is -2.86. The summed E-state index contributed by atoms with van der Waals surface area (Å²) in [6.07, 6.45) is -6.48. The van der Waals surface area contributed by atoms with E-state index in [1.807, 2.05) is 69.3 Å². The summed E-state index contributed by atoms with van der Waals surface area (Å²) in [6, 6.07) is 14.9. The molecule has 0 spiro atoms. The summed E-state index contributed by atoms with van der Waals surface area (Å²) >= 11 is 0. The summed E-state index contributed by atoms with van der Waals surface area (Å²) in [5, 5.41) is 10.5. The molecule has 2 heterocycles. The second kappa shape index (κ2) is 23.7. The molecule has 1 fully saturated rings. The van der Waals surface area contributed by atoms with E-state index >= 15 is 0 Å². The first kappa shape index (κ1) is 58.6. The molecule has 1 aliphatic rings. The van der Waals surface area contributed by atoms with Crippen molar-refractivity contribution in [2.45, 2.75) is 186 Å². The Morgan fingerprint density at radius 1 is 0.694 bits per heavy atom. The molecule has 5 atom stereocenters. The predicted molar refractivity (Wildman–Crippen MR) is 268 cm³/mol. The number of esters is 5. The summed E-state index contributed by atoms with van der Waals surface area (Å²) < 4.78 is 49.0. The van der Waals surface area contributed by atoms with E-state index in [1.54, 1.807) is 96.9 Å². The van der Waals surface area contributed by atoms with Crippen molar-refractivity contribution in [3.05, 3.63) is 76.5 Å². The number of carbonyl (C=O) groups excluding carboxylic acids is 6. The van der Waals surface area contributed by atoms with Gasteiger partial charge in [0.15, 0.2) is 12.2 Å². The van der Waals surface area contributed by atoms with E-state index in [4.69, 9.17) is 37.9 Å². The fraction of sp³-hybridized carbons (Fsp3) is 0.618. The normalized spacial score (nSPS) is 18.7. The van der Waals surface area contributed by atoms with Gasteiger partial charge in [-0.3, -0.25) is 29.1 Å². The standard InChI is InChI=1S/C55H79N3O14/c1-32(2)40-37(29-35-25-26-36(28-33(35)3)65-27-21-24-39(59)56-55(16,17)50(64)66-30-34-22-19-18-20-23-34)44(58-57-40)72-45-43(71-49(63)54(13,14)15)42(70-48(62)53(10,11)12)41(69-47(61)52(7,8)9)38(68-45)31-67-46(60)51(4,5)6/h18-20,22-23,25-26,28,32,38,41-43,45H,21,24,27,29-31H2,1-17H3,(H,56,59)(H,57,58)/t38-,41-,42+,43-,45+/m1/s1. The molecule has 0 radical (unpaired) electrons. The number of aryl methyl sites for hydroxylation is 1. The van der Waals surface area contributed by atoms with Crippen LogP contribution in [0, 0.1) is 28.6 Å². The van der Waals surface area contributed by atoms with E-state index in [-0.39, 0.29) is 37.3 Å². The lowest BCUT2D eigenvalue weighted by Crippen LogP contribution is -2.65. The van der Waals surface area contributed by atoms with E-state index in [2.05, 4.69) is 15.5 Å². The van der Waals surface area contributed by atoms with Crippen LogP contribution >= 0.6 is 0 Å². The molecule has 17 nitrogen and oxygen atoms in total. The Hall–Kier alpha value is -5.97. The van der Waals surface area contributed by atoms with Crippen molar-refractivity contribution in [3.63, 3.8) is 0 Å². The monoisotopic (exact) mass is 1010 g/mol. The summed E-state index contributed by atoms with van der Waals surface area (Å²) in [7, 11) is 0. The maximum absolute atomic E-state index is 13.8. The molecule has 1 amide bonds. The third-order valence-electron chi connectivity index (χ3n) is 11.5. The molecular formula is C55H79N3O14. The fourth-order valence-corrected chi connectivity index (χ4v) is 6.94. The zero-order valence-corrected chi connectivity index (χ0v) is 45.5. The molecule has 3 aromatic rings. The number of amides is 1. The van der Waals surface area contributed by atoms with Gasteiger partial charge >= 0.3 is 29.8 Å². The van der Waals surface area contributed by atoms with E-state index in [0.717, 1.165) is 22.4 Å². The Balaban J connectivity index is 1.61. The number of carbonyl (C=O) groups is 6. The number of aromatic amines is 1. The molecule has 0 saturated carbocycles. The minimum atomic E-state index is -1.54. The number of rotatable bonds is 19. The number of benzene rings is 2. The van der Waals surface area contributed by atoms with Crippen LogP contribution in [0.25, 0.3) is 0 Å². The van der Waals surface area contributed by atoms with Gasteiger partial charge in [0, 0.05) is 24.1 Å². The van der Waals surface area contributed by atoms with Gasteiger partial charge in [-0.25, -0.2) is 4.79 Å². The van der Waals surface area contributed by atoms with Crippen molar-refractivity contribution < 1.29 is 66.7 Å². The molecule has 1 aliphatic heterocycles. The minimum Gasteiger partial charge on any atom is -0.494 e. The molecular weight excluding hydrogens is 927 g/mol. The van der Waals surface area contributed by atoms with Crippen LogP contribution in [-0.2, 0) is 70.2 Å². The first-order valence-corrected chi connectivity index (χ1v) is 24.6. The molecule has 72 heavy (non-hydrogen) atoms. The third kappa shape index (κ3) is 16.5. The average Bonchev–Trinajstić information content (AvgIpc) is 3.66. The van der Waals surface area contributed by atoms with Gasteiger partial charge in [0.2, 0.25) is 24.2 Å². The van der Waals surface area contributed by atoms with Crippen LogP contribution in [0.4, 0.5) is 0 Å². The second-order valence-corrected chi connectivity index (χ2v) is 23.4. The lowest BCUT2D eigenvalue weighted by Gasteiger charge is -2.45. The molecule has 4 rings (SSSR count). The van der Waals surface area contributed by atoms with Crippen molar-refractivity contribution in [3.8, 4) is 11.6 Å². The molecule has 2 aromatic carbocycles. The topological polar surface area (TPSA) is 217 Å². The number of ether oxygens (including phenoxy) is 8. The van der Waals surface area contributed by atoms with Gasteiger partial charge in [-0.05, 0) is 145 Å². The number of hydrogen-bond donors (Lipinski definition) is 2. The van der Waals surface area contributed by atoms with Gasteiger partial charge in [0.25, 0.3) is 0 Å². The van der Waals surface area contributed by atoms with E-state index < -0.39 is 94.4 Å². The molecule has 0 unspecified atom stereocenters. The lowest BCUT2D eigenvalue weighted by atomic mass is 9.93. The Labute approximate surface area is 425 Å². The average molecular weight is 1010 g/mol. The van der Waals surface area contributed by atoms with Gasteiger partial charge in [0.1, 0.15) is 30.6 Å². The quantitative estimate of drug-likeness (QED) is 0.0652. The van der Waals surface area contributed by atoms with Crippen LogP contribution in [0.3, 0.4) is 0 Å². The minimum absolute atomic E-state index is 0.0662. The van der Waals surface area contributed by atoms with Crippen LogP contribution in [-0.4, -0.2) is 95.4 Å². The third-order valence-corrected chi connectivity index (χ3v) is 11.5. The van der Waals surface area contributed by atoms with Crippen LogP contribution < -0.4 is 14.8 Å². The van der Waals surface area contributed by atoms with E-state index in [1.165, 1.54) is 0 Å². The van der Waals surface area contributed by atoms with Gasteiger partial charge in [-0.15, -0.1) is 5.10 Å². The SMILES string of the molecule is Cc1cc(OCCCC(=O)NC(C)(C)C(=O)OCc2ccccc2)ccc1Cc1c(O[C@@H]2O[C@H](COC(=O)C(C)(C)C)[C@@H](OC(=O)C(C)(C)C)[C@H](OC(=O)C(C)(C)C)[C@H]2OC(=O)C(C)(C)C)n[nH]c1C(C)C. The zero-order valence-electron chi connectivity index (χ0n) is 45.5. The van der Waals surface area contributed by atoms with Crippen molar-refractivity contribution in [1.82, 2.24) is 15.5 Å². The molecule has 398 valence electrons. The van der Waals surface area contributed by atoms with Crippen LogP contribution in [0.15, 0.2) is 48.5 Å². The Morgan fingerprint density at radius 2 is 1.25 bits per heavy atom. The van der Waals surface area contributed by atoms with Crippen molar-refractivity contribution in [2.75, 3.05) is 13.2 Å². The highest BCUT2D eigenvalue weighted by Gasteiger charge is 2.56. The van der Waals surface area contributed by atoms with Crippen molar-refractivity contribution >= 4 is 35.8 Å². The number of aromatic nitrogens is 2. The maximum atomic E-state index is 13.8. The summed E-state index contributed by atoms with van der Waals surface area (Å²) in [5.41, 5.74) is -1.26. The highest BCUT2D eigenvalue weighted by atomic mass is 16.7. The number of hydrogen-bond acceptors (Lipinski definition) is 15. The molecule has 2 N–H and O–H groups in total. The van der Waals surface area contributed by atoms with Crippen molar-refractivity contribution in [1.29, 1.82) is 0 Å². The number of nitrogens with one attached hydrogen (secondary N) is 2. The Bertz CT molecular complexity index is 2360. The molecule has 17 heteroatoms. The van der Waals surface area contributed by atoms with E-state index in [9.17, 15) is 28.8 Å². The summed E-state index contributed by atoms with van der Waals surface area (Å²) in [4.78, 5) is 80.2. The van der Waals surface area contributed by atoms with Gasteiger partial charge in [-0.1, -0.05) is 50.2 Å². The van der Waals surface area contributed by atoms with Crippen LogP contribution in [0.5, 0.6) is 11.6 Å². The second-order valence-electron chi connectivity index (χ2n) is 23.4. The number of nitrogens with zero attached hydrogens (tertiary/aromatic N) is 1. The van der Waals surface area contributed by atoms with Crippen molar-refractivity contribution in [2.24, 2.45) is 21.7 Å². The Morgan fingerprint density at radius 3 is 1.79 bits per heavy atom. The van der Waals surface area contributed by atoms with Gasteiger partial charge < -0.3 is 43.2 Å². The van der Waals surface area contributed by atoms with Crippen LogP contribution in [0.2, 0.25) is 0 Å². The molecule has 0 bridgehead atoms. The fourth-order valence-electron chi connectivity index (χ4n) is 6.94. The van der Waals surface area contributed by atoms with Gasteiger partial charge in [0.05, 0.1) is 28.3 Å². The largest absolute Gasteiger partial charge is 0.494 e. The number of H-pyrrole nitrogens is 1. The molecule has 1 saturated heterocycles. The predicted octanol–water partition coefficient (Wildman–Crippen LogP) is 8.80. The highest BCUT2D eigenvalue weighted by Crippen LogP contribution is 2.37. The highest BCUT2D eigenvalue weighted by molar-refractivity contribution is 5.87. The smallest absolute Gasteiger partial charge is 0.331 e. The molecule has 1 aromatic heterocycles. The zero-order chi connectivity index (χ0) is 54.1. The summed E-state index contributed by atoms with van der Waals surface area (Å²) in [6.45, 7) is 29.0. The van der Waals surface area contributed by atoms with Gasteiger partial charge in [-0.2, -0.15) is 0 Å². The van der Waals surface area contributed by atoms with Crippen LogP contribution in [0.1, 0.15) is 157 Å². The first-order valence-electron chi connectivity index (χ1n) is 24.6. The Kier molecular flexibility index (Phi) is 19.3. The van der Waals surface area contributed by atoms with E-state index in [0.29, 0.717) is 24.2 Å². The first-order chi connectivity index (χ1) is 33.2. The molecule has 0 aliphatic carbocycles. The lowest BCUT2D eigenvalue weighted by molar-refractivity contribution is -0.294.